The average molecular weight is 402 g/mol. The number of carbonyl (C=O) groups excluding carboxylic acids is 2. The van der Waals surface area contributed by atoms with E-state index in [2.05, 4.69) is 5.32 Å². The number of amides is 2. The number of carbonyl (C=O) groups is 2. The van der Waals surface area contributed by atoms with E-state index in [0.717, 1.165) is 13.0 Å². The Hall–Kier alpha value is -1.50. The molecule has 2 rings (SSSR count). The Kier molecular flexibility index (Phi) is 8.00. The van der Waals surface area contributed by atoms with Crippen molar-refractivity contribution in [1.29, 1.82) is 0 Å². The van der Waals surface area contributed by atoms with Gasteiger partial charge in [-0.25, -0.2) is 4.79 Å². The quantitative estimate of drug-likeness (QED) is 0.815. The molecular formula is C18H25Cl2N3O3. The summed E-state index contributed by atoms with van der Waals surface area (Å²) in [5, 5.41) is 3.73. The Morgan fingerprint density at radius 1 is 1.19 bits per heavy atom. The lowest BCUT2D eigenvalue weighted by Gasteiger charge is -2.21. The van der Waals surface area contributed by atoms with Gasteiger partial charge in [-0.1, -0.05) is 37.0 Å². The molecule has 1 saturated heterocycles. The van der Waals surface area contributed by atoms with Gasteiger partial charge in [0.2, 0.25) is 5.91 Å². The van der Waals surface area contributed by atoms with Gasteiger partial charge in [0.15, 0.2) is 0 Å². The fraction of sp³-hybridized carbons (Fsp3) is 0.556. The van der Waals surface area contributed by atoms with Gasteiger partial charge in [0.05, 0.1) is 23.9 Å². The van der Waals surface area contributed by atoms with Gasteiger partial charge in [0.25, 0.3) is 0 Å². The third kappa shape index (κ3) is 6.67. The molecule has 2 amide bonds. The Labute approximate surface area is 164 Å². The zero-order chi connectivity index (χ0) is 19.1. The van der Waals surface area contributed by atoms with Crippen LogP contribution in [0.2, 0.25) is 10.0 Å². The maximum Gasteiger partial charge on any atom is 0.409 e. The number of ether oxygens (including phenoxy) is 1. The fourth-order valence-corrected chi connectivity index (χ4v) is 2.96. The largest absolute Gasteiger partial charge is 0.449 e. The first kappa shape index (κ1) is 20.8. The first-order valence-electron chi connectivity index (χ1n) is 8.74. The number of hydrogen-bond acceptors (Lipinski definition) is 4. The first-order valence-corrected chi connectivity index (χ1v) is 9.49. The van der Waals surface area contributed by atoms with Crippen molar-refractivity contribution in [1.82, 2.24) is 9.80 Å². The van der Waals surface area contributed by atoms with E-state index in [9.17, 15) is 9.59 Å². The molecule has 1 heterocycles. The number of rotatable bonds is 5. The second kappa shape index (κ2) is 10.00. The molecular weight excluding hydrogens is 377 g/mol. The summed E-state index contributed by atoms with van der Waals surface area (Å²) in [7, 11) is 0. The van der Waals surface area contributed by atoms with Crippen molar-refractivity contribution < 1.29 is 14.3 Å². The number of nitrogens with one attached hydrogen (secondary N) is 1. The number of nitrogens with zero attached hydrogens (tertiary/aromatic N) is 2. The molecule has 26 heavy (non-hydrogen) atoms. The van der Waals surface area contributed by atoms with Crippen molar-refractivity contribution in [2.75, 3.05) is 44.6 Å². The zero-order valence-electron chi connectivity index (χ0n) is 15.1. The van der Waals surface area contributed by atoms with Gasteiger partial charge < -0.3 is 15.0 Å². The van der Waals surface area contributed by atoms with E-state index in [1.807, 2.05) is 18.7 Å². The van der Waals surface area contributed by atoms with Crippen molar-refractivity contribution >= 4 is 40.9 Å². The minimum atomic E-state index is -0.282. The van der Waals surface area contributed by atoms with Crippen LogP contribution in [0.4, 0.5) is 10.5 Å². The summed E-state index contributed by atoms with van der Waals surface area (Å²) in [5.41, 5.74) is 0.498. The van der Waals surface area contributed by atoms with Crippen molar-refractivity contribution in [2.45, 2.75) is 20.3 Å². The molecule has 1 N–H and O–H groups in total. The Balaban J connectivity index is 1.82. The number of benzene rings is 1. The van der Waals surface area contributed by atoms with Crippen LogP contribution in [0.1, 0.15) is 20.3 Å². The molecule has 0 unspecified atom stereocenters. The zero-order valence-corrected chi connectivity index (χ0v) is 16.6. The predicted molar refractivity (Wildman–Crippen MR) is 104 cm³/mol. The maximum absolute atomic E-state index is 12.3. The molecule has 0 saturated carbocycles. The summed E-state index contributed by atoms with van der Waals surface area (Å²) in [6.07, 6.45) is 0.512. The maximum atomic E-state index is 12.3. The van der Waals surface area contributed by atoms with Crippen LogP contribution in [0.25, 0.3) is 0 Å². The second-order valence-corrected chi connectivity index (χ2v) is 7.60. The summed E-state index contributed by atoms with van der Waals surface area (Å²) in [5.74, 6) is 0.148. The van der Waals surface area contributed by atoms with Crippen LogP contribution in [0.3, 0.4) is 0 Å². The van der Waals surface area contributed by atoms with Crippen LogP contribution in [0.5, 0.6) is 0 Å². The van der Waals surface area contributed by atoms with Crippen LogP contribution >= 0.6 is 23.2 Å². The van der Waals surface area contributed by atoms with Crippen molar-refractivity contribution in [3.8, 4) is 0 Å². The molecule has 0 atom stereocenters. The topological polar surface area (TPSA) is 61.9 Å². The van der Waals surface area contributed by atoms with Crippen LogP contribution in [-0.2, 0) is 9.53 Å². The SMILES string of the molecule is CC(C)COC(=O)N1CCCN(CC(=O)Nc2cc(Cl)ccc2Cl)CC1. The summed E-state index contributed by atoms with van der Waals surface area (Å²) in [6.45, 7) is 7.19. The highest BCUT2D eigenvalue weighted by Gasteiger charge is 2.21. The Bertz CT molecular complexity index is 640. The smallest absolute Gasteiger partial charge is 0.409 e. The lowest BCUT2D eigenvalue weighted by Crippen LogP contribution is -2.38. The molecule has 1 aromatic carbocycles. The highest BCUT2D eigenvalue weighted by atomic mass is 35.5. The van der Waals surface area contributed by atoms with E-state index in [1.165, 1.54) is 0 Å². The van der Waals surface area contributed by atoms with Crippen molar-refractivity contribution in [3.05, 3.63) is 28.2 Å². The van der Waals surface area contributed by atoms with E-state index >= 15 is 0 Å². The standard InChI is InChI=1S/C18H25Cl2N3O3/c1-13(2)12-26-18(25)23-7-3-6-22(8-9-23)11-17(24)21-16-10-14(19)4-5-15(16)20/h4-5,10,13H,3,6-9,11-12H2,1-2H3,(H,21,24). The molecule has 1 aliphatic heterocycles. The molecule has 0 radical (unpaired) electrons. The molecule has 6 nitrogen and oxygen atoms in total. The number of halogens is 2. The molecule has 144 valence electrons. The highest BCUT2D eigenvalue weighted by Crippen LogP contribution is 2.25. The number of hydrogen-bond donors (Lipinski definition) is 1. The molecule has 1 fully saturated rings. The van der Waals surface area contributed by atoms with Gasteiger partial charge >= 0.3 is 6.09 Å². The van der Waals surface area contributed by atoms with Gasteiger partial charge in [-0.2, -0.15) is 0 Å². The minimum Gasteiger partial charge on any atom is -0.449 e. The van der Waals surface area contributed by atoms with Gasteiger partial charge in [0.1, 0.15) is 0 Å². The summed E-state index contributed by atoms with van der Waals surface area (Å²) in [6, 6.07) is 4.93. The average Bonchev–Trinajstić information content (AvgIpc) is 2.81. The summed E-state index contributed by atoms with van der Waals surface area (Å²) >= 11 is 12.0. The van der Waals surface area contributed by atoms with Gasteiger partial charge in [-0.3, -0.25) is 9.69 Å². The third-order valence-electron chi connectivity index (χ3n) is 3.96. The molecule has 1 aliphatic rings. The van der Waals surface area contributed by atoms with E-state index in [4.69, 9.17) is 27.9 Å². The molecule has 1 aromatic rings. The fourth-order valence-electron chi connectivity index (χ4n) is 2.63. The summed E-state index contributed by atoms with van der Waals surface area (Å²) < 4.78 is 5.28. The second-order valence-electron chi connectivity index (χ2n) is 6.76. The molecule has 0 spiro atoms. The first-order chi connectivity index (χ1) is 12.3. The number of anilines is 1. The Morgan fingerprint density at radius 3 is 2.69 bits per heavy atom. The van der Waals surface area contributed by atoms with Crippen LogP contribution in [-0.4, -0.2) is 61.1 Å². The molecule has 8 heteroatoms. The lowest BCUT2D eigenvalue weighted by atomic mass is 10.2. The van der Waals surface area contributed by atoms with Crippen molar-refractivity contribution in [3.63, 3.8) is 0 Å². The van der Waals surface area contributed by atoms with Gasteiger partial charge in [0, 0.05) is 31.2 Å². The van der Waals surface area contributed by atoms with E-state index in [0.29, 0.717) is 47.9 Å². The molecule has 0 aliphatic carbocycles. The van der Waals surface area contributed by atoms with Crippen LogP contribution in [0.15, 0.2) is 18.2 Å². The molecule has 0 aromatic heterocycles. The highest BCUT2D eigenvalue weighted by molar-refractivity contribution is 6.35. The minimum absolute atomic E-state index is 0.162. The van der Waals surface area contributed by atoms with Gasteiger partial charge in [-0.05, 0) is 30.5 Å². The van der Waals surface area contributed by atoms with Crippen molar-refractivity contribution in [2.24, 2.45) is 5.92 Å². The van der Waals surface area contributed by atoms with E-state index in [1.54, 1.807) is 23.1 Å². The third-order valence-corrected chi connectivity index (χ3v) is 4.52. The summed E-state index contributed by atoms with van der Waals surface area (Å²) in [4.78, 5) is 28.1. The normalized spacial score (nSPS) is 15.7. The van der Waals surface area contributed by atoms with Crippen LogP contribution < -0.4 is 5.32 Å². The Morgan fingerprint density at radius 2 is 1.96 bits per heavy atom. The van der Waals surface area contributed by atoms with E-state index < -0.39 is 0 Å². The monoisotopic (exact) mass is 401 g/mol. The van der Waals surface area contributed by atoms with Crippen LogP contribution in [0, 0.1) is 5.92 Å². The lowest BCUT2D eigenvalue weighted by molar-refractivity contribution is -0.117. The molecule has 0 bridgehead atoms. The van der Waals surface area contributed by atoms with E-state index in [-0.39, 0.29) is 18.5 Å². The predicted octanol–water partition coefficient (Wildman–Crippen LogP) is 3.73. The van der Waals surface area contributed by atoms with Gasteiger partial charge in [-0.15, -0.1) is 0 Å².